The summed E-state index contributed by atoms with van der Waals surface area (Å²) in [6, 6.07) is 0. The highest BCUT2D eigenvalue weighted by molar-refractivity contribution is 4.89. The molecule has 1 aliphatic carbocycles. The fourth-order valence-corrected chi connectivity index (χ4v) is 2.01. The molecular weight excluding hydrogens is 158 g/mol. The van der Waals surface area contributed by atoms with E-state index in [4.69, 9.17) is 0 Å². The summed E-state index contributed by atoms with van der Waals surface area (Å²) in [5.74, 6) is 0.906. The largest absolute Gasteiger partial charge is 0.320 e. The van der Waals surface area contributed by atoms with Gasteiger partial charge in [-0.1, -0.05) is 31.4 Å². The van der Waals surface area contributed by atoms with Crippen LogP contribution in [0.5, 0.6) is 0 Å². The van der Waals surface area contributed by atoms with Crippen LogP contribution in [0.3, 0.4) is 0 Å². The van der Waals surface area contributed by atoms with Gasteiger partial charge in [0.15, 0.2) is 0 Å². The van der Waals surface area contributed by atoms with Crippen molar-refractivity contribution in [3.63, 3.8) is 0 Å². The Labute approximate surface area is 82.6 Å². The summed E-state index contributed by atoms with van der Waals surface area (Å²) >= 11 is 0. The third kappa shape index (κ3) is 5.09. The molecule has 1 rings (SSSR count). The number of nitrogens with one attached hydrogen (secondary N) is 1. The van der Waals surface area contributed by atoms with Crippen LogP contribution in [-0.4, -0.2) is 13.6 Å². The SMILES string of the molecule is CNCCC/C=C/C1CCCCC1. The number of rotatable bonds is 5. The molecule has 0 amide bonds. The van der Waals surface area contributed by atoms with Crippen LogP contribution >= 0.6 is 0 Å². The maximum atomic E-state index is 3.17. The van der Waals surface area contributed by atoms with E-state index in [-0.39, 0.29) is 0 Å². The first kappa shape index (κ1) is 10.8. The number of unbranched alkanes of at least 4 members (excludes halogenated alkanes) is 1. The van der Waals surface area contributed by atoms with Crippen LogP contribution in [0.4, 0.5) is 0 Å². The van der Waals surface area contributed by atoms with Gasteiger partial charge in [0.25, 0.3) is 0 Å². The van der Waals surface area contributed by atoms with Gasteiger partial charge in [0.2, 0.25) is 0 Å². The van der Waals surface area contributed by atoms with E-state index >= 15 is 0 Å². The van der Waals surface area contributed by atoms with Crippen molar-refractivity contribution >= 4 is 0 Å². The quantitative estimate of drug-likeness (QED) is 0.507. The standard InChI is InChI=1S/C12H23N/c1-13-11-7-3-6-10-12-8-4-2-5-9-12/h6,10,12-13H,2-5,7-9,11H2,1H3/b10-6+. The molecule has 0 atom stereocenters. The summed E-state index contributed by atoms with van der Waals surface area (Å²) in [4.78, 5) is 0. The van der Waals surface area contributed by atoms with Crippen molar-refractivity contribution in [2.45, 2.75) is 44.9 Å². The van der Waals surface area contributed by atoms with Gasteiger partial charge in [0, 0.05) is 0 Å². The lowest BCUT2D eigenvalue weighted by molar-refractivity contribution is 0.418. The fraction of sp³-hybridized carbons (Fsp3) is 0.833. The normalized spacial score (nSPS) is 19.8. The van der Waals surface area contributed by atoms with Gasteiger partial charge in [0.1, 0.15) is 0 Å². The number of allylic oxidation sites excluding steroid dienone is 2. The monoisotopic (exact) mass is 181 g/mol. The number of hydrogen-bond donors (Lipinski definition) is 1. The van der Waals surface area contributed by atoms with Crippen LogP contribution < -0.4 is 5.32 Å². The first-order chi connectivity index (χ1) is 6.43. The first-order valence-corrected chi connectivity index (χ1v) is 5.74. The molecule has 1 fully saturated rings. The zero-order valence-corrected chi connectivity index (χ0v) is 8.89. The summed E-state index contributed by atoms with van der Waals surface area (Å²) in [6.07, 6.45) is 14.6. The first-order valence-electron chi connectivity index (χ1n) is 5.74. The van der Waals surface area contributed by atoms with Crippen molar-refractivity contribution in [1.82, 2.24) is 5.32 Å². The second-order valence-corrected chi connectivity index (χ2v) is 4.07. The predicted octanol–water partition coefficient (Wildman–Crippen LogP) is 3.12. The maximum Gasteiger partial charge on any atom is -0.00490 e. The molecule has 13 heavy (non-hydrogen) atoms. The van der Waals surface area contributed by atoms with E-state index in [1.165, 1.54) is 44.9 Å². The highest BCUT2D eigenvalue weighted by atomic mass is 14.8. The smallest absolute Gasteiger partial charge is 0.00490 e. The molecule has 1 saturated carbocycles. The summed E-state index contributed by atoms with van der Waals surface area (Å²) in [7, 11) is 2.02. The Kier molecular flexibility index (Phi) is 5.92. The third-order valence-electron chi connectivity index (χ3n) is 2.86. The van der Waals surface area contributed by atoms with E-state index in [0.29, 0.717) is 0 Å². The Hall–Kier alpha value is -0.300. The summed E-state index contributed by atoms with van der Waals surface area (Å²) in [6.45, 7) is 1.15. The third-order valence-corrected chi connectivity index (χ3v) is 2.86. The zero-order valence-electron chi connectivity index (χ0n) is 8.89. The minimum absolute atomic E-state index is 0.906. The zero-order chi connectivity index (χ0) is 9.36. The van der Waals surface area contributed by atoms with Gasteiger partial charge in [-0.2, -0.15) is 0 Å². The van der Waals surface area contributed by atoms with Gasteiger partial charge in [-0.25, -0.2) is 0 Å². The minimum atomic E-state index is 0.906. The van der Waals surface area contributed by atoms with Crippen molar-refractivity contribution in [2.24, 2.45) is 5.92 Å². The molecule has 76 valence electrons. The van der Waals surface area contributed by atoms with E-state index in [1.54, 1.807) is 0 Å². The Morgan fingerprint density at radius 1 is 1.23 bits per heavy atom. The van der Waals surface area contributed by atoms with Crippen molar-refractivity contribution in [3.05, 3.63) is 12.2 Å². The molecule has 1 heteroatoms. The van der Waals surface area contributed by atoms with Crippen molar-refractivity contribution in [1.29, 1.82) is 0 Å². The maximum absolute atomic E-state index is 3.17. The highest BCUT2D eigenvalue weighted by Gasteiger charge is 2.08. The lowest BCUT2D eigenvalue weighted by Gasteiger charge is -2.17. The van der Waals surface area contributed by atoms with E-state index in [2.05, 4.69) is 17.5 Å². The van der Waals surface area contributed by atoms with Crippen LogP contribution in [0.25, 0.3) is 0 Å². The van der Waals surface area contributed by atoms with Crippen LogP contribution in [0.2, 0.25) is 0 Å². The van der Waals surface area contributed by atoms with E-state index in [9.17, 15) is 0 Å². The number of hydrogen-bond acceptors (Lipinski definition) is 1. The van der Waals surface area contributed by atoms with Gasteiger partial charge >= 0.3 is 0 Å². The van der Waals surface area contributed by atoms with E-state index in [0.717, 1.165) is 12.5 Å². The summed E-state index contributed by atoms with van der Waals surface area (Å²) < 4.78 is 0. The van der Waals surface area contributed by atoms with Crippen molar-refractivity contribution < 1.29 is 0 Å². The van der Waals surface area contributed by atoms with Crippen LogP contribution in [0.1, 0.15) is 44.9 Å². The molecule has 1 nitrogen and oxygen atoms in total. The molecule has 0 aromatic carbocycles. The predicted molar refractivity (Wildman–Crippen MR) is 58.9 cm³/mol. The molecule has 0 bridgehead atoms. The average Bonchev–Trinajstić information content (AvgIpc) is 2.19. The Bertz CT molecular complexity index is 134. The average molecular weight is 181 g/mol. The molecule has 0 heterocycles. The van der Waals surface area contributed by atoms with Gasteiger partial charge in [0.05, 0.1) is 0 Å². The van der Waals surface area contributed by atoms with Crippen LogP contribution in [0.15, 0.2) is 12.2 Å². The van der Waals surface area contributed by atoms with Crippen molar-refractivity contribution in [2.75, 3.05) is 13.6 Å². The van der Waals surface area contributed by atoms with E-state index in [1.807, 2.05) is 7.05 Å². The topological polar surface area (TPSA) is 12.0 Å². The molecule has 1 N–H and O–H groups in total. The molecule has 0 aromatic rings. The molecule has 0 spiro atoms. The summed E-state index contributed by atoms with van der Waals surface area (Å²) in [5.41, 5.74) is 0. The molecule has 0 aromatic heterocycles. The molecular formula is C12H23N. The lowest BCUT2D eigenvalue weighted by atomic mass is 9.89. The summed E-state index contributed by atoms with van der Waals surface area (Å²) in [5, 5.41) is 3.17. The van der Waals surface area contributed by atoms with E-state index < -0.39 is 0 Å². The van der Waals surface area contributed by atoms with Crippen molar-refractivity contribution in [3.8, 4) is 0 Å². The molecule has 1 aliphatic rings. The van der Waals surface area contributed by atoms with Crippen LogP contribution in [0, 0.1) is 5.92 Å². The Balaban J connectivity index is 2.01. The second kappa shape index (κ2) is 7.14. The Morgan fingerprint density at radius 2 is 2.00 bits per heavy atom. The highest BCUT2D eigenvalue weighted by Crippen LogP contribution is 2.24. The molecule has 0 saturated heterocycles. The van der Waals surface area contributed by atoms with Gasteiger partial charge in [-0.15, -0.1) is 0 Å². The molecule has 0 unspecified atom stereocenters. The fourth-order valence-electron chi connectivity index (χ4n) is 2.01. The van der Waals surface area contributed by atoms with Gasteiger partial charge in [-0.05, 0) is 45.2 Å². The lowest BCUT2D eigenvalue weighted by Crippen LogP contribution is -2.06. The van der Waals surface area contributed by atoms with Gasteiger partial charge < -0.3 is 5.32 Å². The molecule has 0 aliphatic heterocycles. The van der Waals surface area contributed by atoms with Gasteiger partial charge in [-0.3, -0.25) is 0 Å². The molecule has 0 radical (unpaired) electrons. The second-order valence-electron chi connectivity index (χ2n) is 4.07. The minimum Gasteiger partial charge on any atom is -0.320 e. The van der Waals surface area contributed by atoms with Crippen LogP contribution in [-0.2, 0) is 0 Å². The Morgan fingerprint density at radius 3 is 2.69 bits per heavy atom.